The van der Waals surface area contributed by atoms with Crippen molar-refractivity contribution in [2.45, 2.75) is 58.0 Å². The van der Waals surface area contributed by atoms with Gasteiger partial charge in [-0.3, -0.25) is 4.79 Å². The van der Waals surface area contributed by atoms with Gasteiger partial charge in [0.05, 0.1) is 6.10 Å². The number of carbonyl (C=O) groups excluding carboxylic acids is 1. The summed E-state index contributed by atoms with van der Waals surface area (Å²) in [6, 6.07) is 10.8. The Bertz CT molecular complexity index is 885. The number of aromatic nitrogens is 1. The van der Waals surface area contributed by atoms with Gasteiger partial charge in [0.2, 0.25) is 0 Å². The van der Waals surface area contributed by atoms with E-state index in [0.717, 1.165) is 6.54 Å². The molecule has 0 amide bonds. The molecule has 3 nitrogen and oxygen atoms in total. The summed E-state index contributed by atoms with van der Waals surface area (Å²) in [4.78, 5) is 12.1. The molecule has 0 bridgehead atoms. The summed E-state index contributed by atoms with van der Waals surface area (Å²) in [5.74, 6) is 0.456. The second-order valence-electron chi connectivity index (χ2n) is 9.01. The average Bonchev–Trinajstić information content (AvgIpc) is 3.06. The zero-order chi connectivity index (χ0) is 18.0. The lowest BCUT2D eigenvalue weighted by Gasteiger charge is -2.43. The van der Waals surface area contributed by atoms with Crippen molar-refractivity contribution in [3.63, 3.8) is 0 Å². The molecule has 2 aromatic rings. The Morgan fingerprint density at radius 2 is 1.92 bits per heavy atom. The summed E-state index contributed by atoms with van der Waals surface area (Å²) in [6.45, 7) is 12.2. The molecule has 2 atom stereocenters. The number of allylic oxidation sites excluding steroid dienone is 1. The van der Waals surface area contributed by atoms with Gasteiger partial charge >= 0.3 is 0 Å². The van der Waals surface area contributed by atoms with Crippen LogP contribution in [-0.4, -0.2) is 18.7 Å². The summed E-state index contributed by atoms with van der Waals surface area (Å²) in [5, 5.41) is 1.40. The molecule has 132 valence electrons. The highest BCUT2D eigenvalue weighted by Crippen LogP contribution is 2.48. The normalized spacial score (nSPS) is 23.6. The smallest absolute Gasteiger partial charge is 0.193 e. The van der Waals surface area contributed by atoms with Crippen molar-refractivity contribution in [3.05, 3.63) is 47.7 Å². The van der Waals surface area contributed by atoms with Crippen molar-refractivity contribution in [1.82, 2.24) is 4.57 Å². The van der Waals surface area contributed by atoms with Crippen LogP contribution in [0.2, 0.25) is 18.1 Å². The van der Waals surface area contributed by atoms with Gasteiger partial charge in [-0.05, 0) is 47.3 Å². The summed E-state index contributed by atoms with van der Waals surface area (Å²) in [6.07, 6.45) is 2.44. The first-order valence-corrected chi connectivity index (χ1v) is 12.1. The molecule has 4 rings (SSSR count). The first-order chi connectivity index (χ1) is 11.7. The Balaban J connectivity index is 1.84. The summed E-state index contributed by atoms with van der Waals surface area (Å²) >= 11 is 0. The van der Waals surface area contributed by atoms with Gasteiger partial charge in [0, 0.05) is 30.1 Å². The molecule has 25 heavy (non-hydrogen) atoms. The third-order valence-electron chi connectivity index (χ3n) is 6.31. The Morgan fingerprint density at radius 1 is 1.20 bits per heavy atom. The number of fused-ring (bicyclic) bond motifs is 4. The van der Waals surface area contributed by atoms with E-state index in [9.17, 15) is 4.79 Å². The minimum Gasteiger partial charge on any atom is -0.408 e. The van der Waals surface area contributed by atoms with Crippen LogP contribution in [0.4, 0.5) is 0 Å². The quantitative estimate of drug-likeness (QED) is 0.692. The zero-order valence-corrected chi connectivity index (χ0v) is 16.8. The third-order valence-corrected chi connectivity index (χ3v) is 10.8. The Morgan fingerprint density at radius 3 is 2.64 bits per heavy atom. The van der Waals surface area contributed by atoms with Crippen molar-refractivity contribution in [2.75, 3.05) is 0 Å². The monoisotopic (exact) mass is 353 g/mol. The van der Waals surface area contributed by atoms with Gasteiger partial charge in [0.1, 0.15) is 0 Å². The molecule has 1 aromatic heterocycles. The van der Waals surface area contributed by atoms with Crippen molar-refractivity contribution in [3.8, 4) is 0 Å². The van der Waals surface area contributed by atoms with Crippen LogP contribution in [0.1, 0.15) is 39.0 Å². The fourth-order valence-corrected chi connectivity index (χ4v) is 5.13. The minimum atomic E-state index is -1.94. The highest BCUT2D eigenvalue weighted by Gasteiger charge is 2.45. The third kappa shape index (κ3) is 2.63. The van der Waals surface area contributed by atoms with Gasteiger partial charge in [-0.15, -0.1) is 0 Å². The van der Waals surface area contributed by atoms with Crippen LogP contribution in [0.5, 0.6) is 0 Å². The molecule has 0 spiro atoms. The molecular weight excluding hydrogens is 326 g/mol. The van der Waals surface area contributed by atoms with E-state index in [0.29, 0.717) is 6.42 Å². The van der Waals surface area contributed by atoms with Crippen LogP contribution in [-0.2, 0) is 15.8 Å². The standard InChI is InChI=1S/C21H27NO2Si/c1-21(2,3)25(4,5)24-20-17-12-16(23)10-15(17)13-22-18-9-7-6-8-14(18)11-19(20)22/h6-11,17,20H,12-13H2,1-5H3/t17-,20+/m0/s1. The predicted molar refractivity (Wildman–Crippen MR) is 104 cm³/mol. The van der Waals surface area contributed by atoms with E-state index in [1.165, 1.54) is 22.2 Å². The lowest BCUT2D eigenvalue weighted by Crippen LogP contribution is -2.44. The second kappa shape index (κ2) is 5.42. The van der Waals surface area contributed by atoms with Crippen molar-refractivity contribution >= 4 is 25.0 Å². The van der Waals surface area contributed by atoms with Crippen molar-refractivity contribution < 1.29 is 9.22 Å². The number of hydrogen-bond acceptors (Lipinski definition) is 2. The van der Waals surface area contributed by atoms with Gasteiger partial charge in [0.25, 0.3) is 0 Å². The molecule has 2 heterocycles. The minimum absolute atomic E-state index is 0.0141. The maximum Gasteiger partial charge on any atom is 0.193 e. The van der Waals surface area contributed by atoms with Crippen LogP contribution in [0, 0.1) is 5.92 Å². The topological polar surface area (TPSA) is 31.2 Å². The molecule has 4 heteroatoms. The molecule has 1 aliphatic carbocycles. The first-order valence-electron chi connectivity index (χ1n) is 9.17. The van der Waals surface area contributed by atoms with Gasteiger partial charge < -0.3 is 8.99 Å². The molecule has 0 unspecified atom stereocenters. The fourth-order valence-electron chi connectivity index (χ4n) is 3.85. The number of ketones is 1. The van der Waals surface area contributed by atoms with E-state index in [-0.39, 0.29) is 22.8 Å². The summed E-state index contributed by atoms with van der Waals surface area (Å²) in [7, 11) is -1.94. The van der Waals surface area contributed by atoms with Gasteiger partial charge in [-0.1, -0.05) is 39.0 Å². The Labute approximate surface area is 150 Å². The van der Waals surface area contributed by atoms with Crippen molar-refractivity contribution in [2.24, 2.45) is 5.92 Å². The molecule has 0 fully saturated rings. The van der Waals surface area contributed by atoms with E-state index in [1.54, 1.807) is 0 Å². The number of rotatable bonds is 2. The number of carbonyl (C=O) groups is 1. The van der Waals surface area contributed by atoms with Gasteiger partial charge in [-0.2, -0.15) is 0 Å². The van der Waals surface area contributed by atoms with Crippen molar-refractivity contribution in [1.29, 1.82) is 0 Å². The molecule has 1 aromatic carbocycles. The van der Waals surface area contributed by atoms with Crippen LogP contribution in [0.25, 0.3) is 10.9 Å². The number of hydrogen-bond donors (Lipinski definition) is 0. The largest absolute Gasteiger partial charge is 0.408 e. The Kier molecular flexibility index (Phi) is 3.64. The second-order valence-corrected chi connectivity index (χ2v) is 13.8. The maximum absolute atomic E-state index is 12.1. The van der Waals surface area contributed by atoms with Crippen LogP contribution < -0.4 is 0 Å². The van der Waals surface area contributed by atoms with E-state index >= 15 is 0 Å². The van der Waals surface area contributed by atoms with E-state index < -0.39 is 8.32 Å². The first kappa shape index (κ1) is 16.8. The van der Waals surface area contributed by atoms with E-state index in [2.05, 4.69) is 68.8 Å². The molecular formula is C21H27NO2Si. The van der Waals surface area contributed by atoms with Crippen LogP contribution >= 0.6 is 0 Å². The van der Waals surface area contributed by atoms with Crippen LogP contribution in [0.15, 0.2) is 42.0 Å². The SMILES string of the molecule is CC(C)(C)[Si](C)(C)O[C@H]1c2cc3ccccc3n2CC2=CC(=O)C[C@@H]21. The number of nitrogens with zero attached hydrogens (tertiary/aromatic N) is 1. The average molecular weight is 354 g/mol. The Hall–Kier alpha value is -1.65. The fraction of sp³-hybridized carbons (Fsp3) is 0.476. The molecule has 0 saturated carbocycles. The number of benzene rings is 1. The van der Waals surface area contributed by atoms with E-state index in [4.69, 9.17) is 4.43 Å². The summed E-state index contributed by atoms with van der Waals surface area (Å²) < 4.78 is 9.24. The molecule has 2 aliphatic rings. The lowest BCUT2D eigenvalue weighted by atomic mass is 9.90. The van der Waals surface area contributed by atoms with E-state index in [1.807, 2.05) is 6.08 Å². The predicted octanol–water partition coefficient (Wildman–Crippen LogP) is 5.23. The van der Waals surface area contributed by atoms with Gasteiger partial charge in [0.15, 0.2) is 14.1 Å². The molecule has 0 radical (unpaired) electrons. The maximum atomic E-state index is 12.1. The van der Waals surface area contributed by atoms with Crippen LogP contribution in [0.3, 0.4) is 0 Å². The number of para-hydroxylation sites is 1. The van der Waals surface area contributed by atoms with Gasteiger partial charge in [-0.25, -0.2) is 0 Å². The molecule has 1 aliphatic heterocycles. The zero-order valence-electron chi connectivity index (χ0n) is 15.8. The lowest BCUT2D eigenvalue weighted by molar-refractivity contribution is -0.115. The highest BCUT2D eigenvalue weighted by atomic mass is 28.4. The molecule has 0 N–H and O–H groups in total. The highest BCUT2D eigenvalue weighted by molar-refractivity contribution is 6.74. The summed E-state index contributed by atoms with van der Waals surface area (Å²) in [5.41, 5.74) is 3.71. The molecule has 0 saturated heterocycles.